The number of imide groups is 1. The molecule has 0 radical (unpaired) electrons. The highest BCUT2D eigenvalue weighted by Gasteiger charge is 2.34. The van der Waals surface area contributed by atoms with E-state index in [4.69, 9.17) is 0 Å². The maximum Gasteiger partial charge on any atom is 0.299 e. The van der Waals surface area contributed by atoms with Crippen LogP contribution in [-0.2, 0) is 16.6 Å². The van der Waals surface area contributed by atoms with Crippen LogP contribution in [0.25, 0.3) is 5.69 Å². The Morgan fingerprint density at radius 2 is 1.64 bits per heavy atom. The van der Waals surface area contributed by atoms with Gasteiger partial charge >= 0.3 is 0 Å². The quantitative estimate of drug-likeness (QED) is 0.399. The number of nitrogens with zero attached hydrogens (tertiary/aromatic N) is 7. The lowest BCUT2D eigenvalue weighted by Crippen LogP contribution is -2.42. The molecule has 0 atom stereocenters. The van der Waals surface area contributed by atoms with Crippen molar-refractivity contribution in [2.45, 2.75) is 26.2 Å². The summed E-state index contributed by atoms with van der Waals surface area (Å²) in [6, 6.07) is 11.1. The molecule has 0 spiro atoms. The third kappa shape index (κ3) is 4.01. The minimum atomic E-state index is -0.536. The Morgan fingerprint density at radius 1 is 1.00 bits per heavy atom. The summed E-state index contributed by atoms with van der Waals surface area (Å²) >= 11 is 0. The molecule has 0 N–H and O–H groups in total. The van der Waals surface area contributed by atoms with Crippen LogP contribution in [0.15, 0.2) is 69.0 Å². The van der Waals surface area contributed by atoms with Gasteiger partial charge in [-0.2, -0.15) is 5.26 Å². The molecular weight excluding hydrogens is 422 g/mol. The number of carbonyl (C=O) groups excluding carboxylic acids is 2. The van der Waals surface area contributed by atoms with Crippen molar-refractivity contribution in [1.82, 2.24) is 19.2 Å². The van der Waals surface area contributed by atoms with E-state index in [1.54, 1.807) is 30.8 Å². The summed E-state index contributed by atoms with van der Waals surface area (Å²) in [7, 11) is 1.73. The molecule has 4 rings (SSSR count). The van der Waals surface area contributed by atoms with E-state index in [1.165, 1.54) is 4.68 Å². The Hall–Kier alpha value is -4.26. The third-order valence-electron chi connectivity index (χ3n) is 5.77. The lowest BCUT2D eigenvalue weighted by atomic mass is 10.1. The van der Waals surface area contributed by atoms with Gasteiger partial charge in [-0.3, -0.25) is 19.1 Å². The lowest BCUT2D eigenvalue weighted by molar-refractivity contribution is -0.136. The molecule has 2 aromatic rings. The van der Waals surface area contributed by atoms with Gasteiger partial charge in [-0.05, 0) is 38.3 Å². The Kier molecular flexibility index (Phi) is 6.04. The van der Waals surface area contributed by atoms with Crippen molar-refractivity contribution in [1.29, 1.82) is 5.26 Å². The topological polar surface area (TPSA) is 116 Å². The molecule has 0 saturated carbocycles. The monoisotopic (exact) mass is 445 g/mol. The molecule has 1 aromatic heterocycles. The summed E-state index contributed by atoms with van der Waals surface area (Å²) in [5, 5.41) is 18.1. The first-order valence-corrected chi connectivity index (χ1v) is 10.6. The summed E-state index contributed by atoms with van der Waals surface area (Å²) in [6.07, 6.45) is 5.08. The van der Waals surface area contributed by atoms with E-state index in [2.05, 4.69) is 10.2 Å². The highest BCUT2D eigenvalue weighted by Crippen LogP contribution is 2.26. The molecule has 10 heteroatoms. The zero-order valence-corrected chi connectivity index (χ0v) is 18.4. The Balaban J connectivity index is 1.80. The smallest absolute Gasteiger partial charge is 0.299 e. The number of rotatable bonds is 5. The van der Waals surface area contributed by atoms with Crippen molar-refractivity contribution in [2.75, 3.05) is 13.1 Å². The molecule has 1 fully saturated rings. The van der Waals surface area contributed by atoms with Gasteiger partial charge in [0, 0.05) is 32.3 Å². The number of aromatic nitrogens is 2. The predicted molar refractivity (Wildman–Crippen MR) is 119 cm³/mol. The number of azo groups is 1. The van der Waals surface area contributed by atoms with Gasteiger partial charge in [0.25, 0.3) is 17.4 Å². The van der Waals surface area contributed by atoms with Crippen LogP contribution >= 0.6 is 0 Å². The summed E-state index contributed by atoms with van der Waals surface area (Å²) in [5.41, 5.74) is 0.704. The van der Waals surface area contributed by atoms with Gasteiger partial charge in [0.1, 0.15) is 6.07 Å². The maximum atomic E-state index is 13.1. The van der Waals surface area contributed by atoms with Gasteiger partial charge in [0.2, 0.25) is 5.70 Å². The van der Waals surface area contributed by atoms with E-state index in [1.807, 2.05) is 29.2 Å². The van der Waals surface area contributed by atoms with Crippen molar-refractivity contribution in [3.63, 3.8) is 0 Å². The van der Waals surface area contributed by atoms with E-state index < -0.39 is 17.4 Å². The fourth-order valence-corrected chi connectivity index (χ4v) is 4.00. The highest BCUT2D eigenvalue weighted by atomic mass is 16.2. The fraction of sp³-hybridized carbons (Fsp3) is 0.304. The van der Waals surface area contributed by atoms with Crippen molar-refractivity contribution in [3.05, 3.63) is 70.0 Å². The van der Waals surface area contributed by atoms with Crippen LogP contribution in [-0.4, -0.2) is 44.1 Å². The minimum absolute atomic E-state index is 0.0734. The van der Waals surface area contributed by atoms with Crippen LogP contribution < -0.4 is 5.56 Å². The summed E-state index contributed by atoms with van der Waals surface area (Å²) in [5.74, 6) is -0.963. The summed E-state index contributed by atoms with van der Waals surface area (Å²) in [4.78, 5) is 40.6. The first-order valence-electron chi connectivity index (χ1n) is 10.6. The number of amides is 2. The average Bonchev–Trinajstić information content (AvgIpc) is 3.27. The number of hydrogen-bond acceptors (Lipinski definition) is 7. The Bertz CT molecular complexity index is 1270. The molecule has 1 saturated heterocycles. The number of nitriles is 1. The van der Waals surface area contributed by atoms with Crippen LogP contribution in [0.1, 0.15) is 25.0 Å². The maximum absolute atomic E-state index is 13.1. The third-order valence-corrected chi connectivity index (χ3v) is 5.77. The molecule has 0 aliphatic carbocycles. The zero-order valence-electron chi connectivity index (χ0n) is 18.4. The first-order chi connectivity index (χ1) is 15.9. The highest BCUT2D eigenvalue weighted by molar-refractivity contribution is 6.14. The van der Waals surface area contributed by atoms with Crippen LogP contribution in [0.3, 0.4) is 0 Å². The van der Waals surface area contributed by atoms with E-state index in [0.717, 1.165) is 36.3 Å². The number of piperidine rings is 1. The molecule has 0 unspecified atom stereocenters. The number of carbonyl (C=O) groups is 2. The van der Waals surface area contributed by atoms with Gasteiger partial charge < -0.3 is 4.90 Å². The van der Waals surface area contributed by atoms with Crippen LogP contribution in [0, 0.1) is 18.3 Å². The molecule has 2 aliphatic rings. The number of benzene rings is 1. The summed E-state index contributed by atoms with van der Waals surface area (Å²) in [6.45, 7) is 2.89. The van der Waals surface area contributed by atoms with Gasteiger partial charge in [-0.1, -0.05) is 18.2 Å². The normalized spacial score (nSPS) is 17.1. The molecule has 2 amide bonds. The SMILES string of the molecule is Cc1c(N=N/C(C#N)=C(\N2CCCCC2)N2C(=O)C=CC2=O)c(=O)n(-c2ccccc2)n1C. The van der Waals surface area contributed by atoms with Crippen molar-refractivity contribution < 1.29 is 9.59 Å². The molecule has 168 valence electrons. The molecular formula is C23H23N7O3. The Morgan fingerprint density at radius 3 is 2.24 bits per heavy atom. The second-order valence-electron chi connectivity index (χ2n) is 7.79. The van der Waals surface area contributed by atoms with Gasteiger partial charge in [-0.25, -0.2) is 9.58 Å². The lowest BCUT2D eigenvalue weighted by Gasteiger charge is -2.34. The number of para-hydroxylation sites is 1. The average molecular weight is 445 g/mol. The minimum Gasteiger partial charge on any atom is -0.355 e. The van der Waals surface area contributed by atoms with E-state index in [-0.39, 0.29) is 17.2 Å². The molecule has 1 aromatic carbocycles. The van der Waals surface area contributed by atoms with E-state index in [0.29, 0.717) is 24.5 Å². The zero-order chi connectivity index (χ0) is 23.5. The van der Waals surface area contributed by atoms with Crippen LogP contribution in [0.5, 0.6) is 0 Å². The van der Waals surface area contributed by atoms with E-state index in [9.17, 15) is 19.6 Å². The molecule has 10 nitrogen and oxygen atoms in total. The molecule has 3 heterocycles. The van der Waals surface area contributed by atoms with Gasteiger partial charge in [-0.15, -0.1) is 10.2 Å². The fourth-order valence-electron chi connectivity index (χ4n) is 4.00. The number of allylic oxidation sites excluding steroid dienone is 1. The second-order valence-corrected chi connectivity index (χ2v) is 7.79. The van der Waals surface area contributed by atoms with Crippen molar-refractivity contribution in [3.8, 4) is 11.8 Å². The standard InChI is InChI=1S/C23H23N7O3/c1-16-21(23(33)30(27(16)2)17-9-5-3-6-10-17)26-25-18(15-24)22(28-13-7-4-8-14-28)29-19(31)11-12-20(29)32/h3,5-6,9-12H,4,7-8,13-14H2,1-2H3/b22-18+,26-25?. The Labute approximate surface area is 190 Å². The number of hydrogen-bond donors (Lipinski definition) is 0. The summed E-state index contributed by atoms with van der Waals surface area (Å²) < 4.78 is 3.12. The van der Waals surface area contributed by atoms with Gasteiger partial charge in [0.05, 0.1) is 11.4 Å². The van der Waals surface area contributed by atoms with E-state index >= 15 is 0 Å². The van der Waals surface area contributed by atoms with Crippen LogP contribution in [0.4, 0.5) is 5.69 Å². The number of likely N-dealkylation sites (tertiary alicyclic amines) is 1. The predicted octanol–water partition coefficient (Wildman–Crippen LogP) is 2.67. The van der Waals surface area contributed by atoms with Crippen molar-refractivity contribution >= 4 is 17.5 Å². The second kappa shape index (κ2) is 9.08. The van der Waals surface area contributed by atoms with Gasteiger partial charge in [0.15, 0.2) is 11.5 Å². The molecule has 0 bridgehead atoms. The molecule has 33 heavy (non-hydrogen) atoms. The largest absolute Gasteiger partial charge is 0.355 e. The first kappa shape index (κ1) is 22.0. The van der Waals surface area contributed by atoms with Crippen molar-refractivity contribution in [2.24, 2.45) is 17.3 Å². The molecule has 2 aliphatic heterocycles. The van der Waals surface area contributed by atoms with Crippen LogP contribution in [0.2, 0.25) is 0 Å².